The first-order chi connectivity index (χ1) is 6.99. The molecule has 2 rings (SSSR count). The third kappa shape index (κ3) is 2.04. The first-order valence-corrected chi connectivity index (χ1v) is 5.62. The normalized spacial score (nSPS) is 18.5. The number of halogens is 1. The zero-order chi connectivity index (χ0) is 11.1. The Hall–Kier alpha value is -0.900. The summed E-state index contributed by atoms with van der Waals surface area (Å²) >= 11 is 3.45. The molecule has 1 aromatic rings. The van der Waals surface area contributed by atoms with Crippen LogP contribution >= 0.6 is 15.9 Å². The summed E-state index contributed by atoms with van der Waals surface area (Å²) in [6, 6.07) is 0. The molecule has 0 aliphatic carbocycles. The van der Waals surface area contributed by atoms with E-state index in [0.29, 0.717) is 12.5 Å². The molecule has 0 fully saturated rings. The largest absolute Gasteiger partial charge is 0.475 e. The van der Waals surface area contributed by atoms with Crippen molar-refractivity contribution in [1.29, 1.82) is 0 Å². The smallest absolute Gasteiger partial charge is 0.218 e. The lowest BCUT2D eigenvalue weighted by molar-refractivity contribution is 0.279. The lowest BCUT2D eigenvalue weighted by atomic mass is 10.1. The van der Waals surface area contributed by atoms with Crippen molar-refractivity contribution in [2.45, 2.75) is 26.3 Å². The van der Waals surface area contributed by atoms with Crippen LogP contribution in [0.5, 0.6) is 0 Å². The van der Waals surface area contributed by atoms with Crippen LogP contribution in [0, 0.1) is 6.92 Å². The van der Waals surface area contributed by atoms with Crippen molar-refractivity contribution >= 4 is 21.8 Å². The van der Waals surface area contributed by atoms with Gasteiger partial charge in [0.05, 0.1) is 11.1 Å². The predicted octanol–water partition coefficient (Wildman–Crippen LogP) is 2.71. The van der Waals surface area contributed by atoms with E-state index in [9.17, 15) is 0 Å². The molecule has 0 spiro atoms. The number of aliphatic imine (C=N–C) groups is 1. The van der Waals surface area contributed by atoms with Gasteiger partial charge in [-0.25, -0.2) is 4.99 Å². The molecule has 0 amide bonds. The van der Waals surface area contributed by atoms with Crippen molar-refractivity contribution in [2.75, 3.05) is 6.61 Å². The number of ether oxygens (including phenoxy) is 1. The minimum absolute atomic E-state index is 0.121. The van der Waals surface area contributed by atoms with Crippen molar-refractivity contribution in [3.05, 3.63) is 28.0 Å². The second-order valence-electron chi connectivity index (χ2n) is 4.31. The fourth-order valence-corrected chi connectivity index (χ4v) is 1.77. The maximum Gasteiger partial charge on any atom is 0.218 e. The van der Waals surface area contributed by atoms with Gasteiger partial charge >= 0.3 is 0 Å². The van der Waals surface area contributed by atoms with Gasteiger partial charge in [0.25, 0.3) is 0 Å². The van der Waals surface area contributed by atoms with Crippen molar-refractivity contribution in [1.82, 2.24) is 4.98 Å². The SMILES string of the molecule is Cc1c(Br)cncc1C1=NC(C)(C)CO1. The van der Waals surface area contributed by atoms with Gasteiger partial charge < -0.3 is 4.74 Å². The summed E-state index contributed by atoms with van der Waals surface area (Å²) in [4.78, 5) is 8.66. The Morgan fingerprint density at radius 3 is 2.73 bits per heavy atom. The summed E-state index contributed by atoms with van der Waals surface area (Å²) in [7, 11) is 0. The van der Waals surface area contributed by atoms with Crippen LogP contribution in [0.1, 0.15) is 25.0 Å². The van der Waals surface area contributed by atoms with E-state index in [0.717, 1.165) is 15.6 Å². The molecule has 0 atom stereocenters. The van der Waals surface area contributed by atoms with Crippen LogP contribution in [0.3, 0.4) is 0 Å². The molecule has 80 valence electrons. The summed E-state index contributed by atoms with van der Waals surface area (Å²) in [5, 5.41) is 0. The topological polar surface area (TPSA) is 34.5 Å². The summed E-state index contributed by atoms with van der Waals surface area (Å²) in [5.74, 6) is 0.700. The van der Waals surface area contributed by atoms with Crippen molar-refractivity contribution in [3.8, 4) is 0 Å². The van der Waals surface area contributed by atoms with E-state index in [1.807, 2.05) is 6.92 Å². The molecule has 0 N–H and O–H groups in total. The number of hydrogen-bond acceptors (Lipinski definition) is 3. The van der Waals surface area contributed by atoms with E-state index < -0.39 is 0 Å². The first-order valence-electron chi connectivity index (χ1n) is 4.83. The maximum absolute atomic E-state index is 5.58. The molecule has 15 heavy (non-hydrogen) atoms. The average molecular weight is 269 g/mol. The molecule has 0 saturated carbocycles. The standard InChI is InChI=1S/C11H13BrN2O/c1-7-8(4-13-5-9(7)12)10-14-11(2,3)6-15-10/h4-5H,6H2,1-3H3. The van der Waals surface area contributed by atoms with Crippen LogP contribution in [-0.4, -0.2) is 23.0 Å². The fourth-order valence-electron chi connectivity index (χ4n) is 1.44. The molecule has 1 aromatic heterocycles. The summed E-state index contributed by atoms with van der Waals surface area (Å²) in [6.07, 6.45) is 3.57. The number of aromatic nitrogens is 1. The fraction of sp³-hybridized carbons (Fsp3) is 0.455. The lowest BCUT2D eigenvalue weighted by Crippen LogP contribution is -2.17. The van der Waals surface area contributed by atoms with Gasteiger partial charge in [-0.2, -0.15) is 0 Å². The molecule has 0 radical (unpaired) electrons. The van der Waals surface area contributed by atoms with E-state index in [4.69, 9.17) is 4.74 Å². The molecule has 4 heteroatoms. The van der Waals surface area contributed by atoms with E-state index in [-0.39, 0.29) is 5.54 Å². The number of rotatable bonds is 1. The quantitative estimate of drug-likeness (QED) is 0.785. The minimum atomic E-state index is -0.121. The van der Waals surface area contributed by atoms with E-state index in [1.165, 1.54) is 0 Å². The minimum Gasteiger partial charge on any atom is -0.475 e. The predicted molar refractivity (Wildman–Crippen MR) is 63.2 cm³/mol. The molecule has 2 heterocycles. The Kier molecular flexibility index (Phi) is 2.54. The van der Waals surface area contributed by atoms with Crippen LogP contribution in [0.25, 0.3) is 0 Å². The highest BCUT2D eigenvalue weighted by Gasteiger charge is 2.28. The molecule has 3 nitrogen and oxygen atoms in total. The summed E-state index contributed by atoms with van der Waals surface area (Å²) < 4.78 is 6.56. The lowest BCUT2D eigenvalue weighted by Gasteiger charge is -2.07. The Labute approximate surface area is 97.7 Å². The number of pyridine rings is 1. The van der Waals surface area contributed by atoms with Gasteiger partial charge in [-0.3, -0.25) is 4.98 Å². The third-order valence-electron chi connectivity index (χ3n) is 2.35. The first kappa shape index (κ1) is 10.6. The second kappa shape index (κ2) is 3.59. The Morgan fingerprint density at radius 1 is 1.40 bits per heavy atom. The molecule has 1 aliphatic heterocycles. The van der Waals surface area contributed by atoms with E-state index >= 15 is 0 Å². The average Bonchev–Trinajstić information content (AvgIpc) is 2.51. The van der Waals surface area contributed by atoms with Gasteiger partial charge in [0.1, 0.15) is 6.61 Å². The van der Waals surface area contributed by atoms with Gasteiger partial charge in [-0.15, -0.1) is 0 Å². The molecule has 0 aromatic carbocycles. The summed E-state index contributed by atoms with van der Waals surface area (Å²) in [6.45, 7) is 6.77. The highest BCUT2D eigenvalue weighted by atomic mass is 79.9. The van der Waals surface area contributed by atoms with Gasteiger partial charge in [-0.05, 0) is 42.3 Å². The van der Waals surface area contributed by atoms with Crippen LogP contribution in [0.4, 0.5) is 0 Å². The highest BCUT2D eigenvalue weighted by molar-refractivity contribution is 9.10. The third-order valence-corrected chi connectivity index (χ3v) is 3.15. The highest BCUT2D eigenvalue weighted by Crippen LogP contribution is 2.24. The van der Waals surface area contributed by atoms with Crippen molar-refractivity contribution in [3.63, 3.8) is 0 Å². The molecular weight excluding hydrogens is 256 g/mol. The van der Waals surface area contributed by atoms with Crippen LogP contribution in [0.15, 0.2) is 21.9 Å². The van der Waals surface area contributed by atoms with Gasteiger partial charge in [-0.1, -0.05) is 0 Å². The number of nitrogens with zero attached hydrogens (tertiary/aromatic N) is 2. The monoisotopic (exact) mass is 268 g/mol. The molecule has 0 bridgehead atoms. The molecule has 1 aliphatic rings. The Balaban J connectivity index is 2.44. The molecular formula is C11H13BrN2O. The van der Waals surface area contributed by atoms with Gasteiger partial charge in [0.2, 0.25) is 5.90 Å². The van der Waals surface area contributed by atoms with Gasteiger partial charge in [0.15, 0.2) is 0 Å². The maximum atomic E-state index is 5.58. The van der Waals surface area contributed by atoms with Crippen molar-refractivity contribution < 1.29 is 4.74 Å². The van der Waals surface area contributed by atoms with Crippen LogP contribution in [0.2, 0.25) is 0 Å². The Bertz CT molecular complexity index is 427. The van der Waals surface area contributed by atoms with Crippen LogP contribution in [-0.2, 0) is 4.74 Å². The second-order valence-corrected chi connectivity index (χ2v) is 5.17. The zero-order valence-corrected chi connectivity index (χ0v) is 10.6. The van der Waals surface area contributed by atoms with Gasteiger partial charge in [0, 0.05) is 16.9 Å². The van der Waals surface area contributed by atoms with E-state index in [2.05, 4.69) is 39.8 Å². The Morgan fingerprint density at radius 2 is 2.13 bits per heavy atom. The molecule has 0 saturated heterocycles. The van der Waals surface area contributed by atoms with Crippen LogP contribution < -0.4 is 0 Å². The zero-order valence-electron chi connectivity index (χ0n) is 9.04. The molecule has 0 unspecified atom stereocenters. The number of hydrogen-bond donors (Lipinski definition) is 0. The van der Waals surface area contributed by atoms with Crippen molar-refractivity contribution in [2.24, 2.45) is 4.99 Å². The summed E-state index contributed by atoms with van der Waals surface area (Å²) in [5.41, 5.74) is 1.96. The van der Waals surface area contributed by atoms with E-state index in [1.54, 1.807) is 12.4 Å².